The van der Waals surface area contributed by atoms with Gasteiger partial charge in [-0.25, -0.2) is 22.7 Å². The average Bonchev–Trinajstić information content (AvgIpc) is 2.77. The van der Waals surface area contributed by atoms with Crippen LogP contribution in [0.5, 0.6) is 0 Å². The van der Waals surface area contributed by atoms with Crippen LogP contribution in [-0.4, -0.2) is 24.9 Å². The third kappa shape index (κ3) is 2.44. The molecule has 0 fully saturated rings. The molecular weight excluding hydrogens is 354 g/mol. The monoisotopic (exact) mass is 367 g/mol. The number of hydrogen-bond acceptors (Lipinski definition) is 4. The summed E-state index contributed by atoms with van der Waals surface area (Å²) >= 11 is 3.27. The second kappa shape index (κ2) is 5.06. The van der Waals surface area contributed by atoms with Crippen LogP contribution < -0.4 is 4.31 Å². The minimum absolute atomic E-state index is 0.0187. The van der Waals surface area contributed by atoms with Crippen molar-refractivity contribution in [3.8, 4) is 0 Å². The molecule has 1 aliphatic rings. The van der Waals surface area contributed by atoms with Gasteiger partial charge < -0.3 is 0 Å². The van der Waals surface area contributed by atoms with Crippen LogP contribution in [0, 0.1) is 6.92 Å². The summed E-state index contributed by atoms with van der Waals surface area (Å²) in [6.45, 7) is 4.24. The number of benzene rings is 1. The average molecular weight is 368 g/mol. The van der Waals surface area contributed by atoms with E-state index in [9.17, 15) is 8.42 Å². The van der Waals surface area contributed by atoms with E-state index < -0.39 is 10.0 Å². The molecule has 0 saturated carbocycles. The zero-order valence-corrected chi connectivity index (χ0v) is 14.0. The van der Waals surface area contributed by atoms with E-state index in [1.165, 1.54) is 10.5 Å². The van der Waals surface area contributed by atoms with E-state index in [1.807, 2.05) is 13.8 Å². The number of aryl methyl sites for hydroxylation is 1. The Morgan fingerprint density at radius 3 is 2.62 bits per heavy atom. The second-order valence-corrected chi connectivity index (χ2v) is 7.83. The van der Waals surface area contributed by atoms with Gasteiger partial charge in [0.25, 0.3) is 10.0 Å². The van der Waals surface area contributed by atoms with Crippen molar-refractivity contribution in [3.05, 3.63) is 46.3 Å². The van der Waals surface area contributed by atoms with Crippen molar-refractivity contribution < 1.29 is 8.42 Å². The molecule has 1 aromatic heterocycles. The molecule has 0 saturated heterocycles. The number of fused-ring (bicyclic) bond motifs is 1. The Hall–Kier alpha value is -1.47. The van der Waals surface area contributed by atoms with E-state index in [4.69, 9.17) is 0 Å². The molecule has 21 heavy (non-hydrogen) atoms. The summed E-state index contributed by atoms with van der Waals surface area (Å²) in [5.41, 5.74) is 1.73. The molecule has 0 amide bonds. The van der Waals surface area contributed by atoms with Crippen LogP contribution >= 0.6 is 15.9 Å². The molecule has 0 N–H and O–H groups in total. The Balaban J connectivity index is 2.08. The predicted molar refractivity (Wildman–Crippen MR) is 83.9 cm³/mol. The SMILES string of the molecule is Cc1ccc(S(=O)(=O)N2CC(C)c3nc(Br)cnc32)cc1. The first-order valence-corrected chi connectivity index (χ1v) is 8.75. The topological polar surface area (TPSA) is 63.2 Å². The maximum atomic E-state index is 12.8. The number of sulfonamides is 1. The Labute approximate surface area is 132 Å². The summed E-state index contributed by atoms with van der Waals surface area (Å²) in [7, 11) is -3.60. The quantitative estimate of drug-likeness (QED) is 0.818. The van der Waals surface area contributed by atoms with E-state index >= 15 is 0 Å². The number of hydrogen-bond donors (Lipinski definition) is 0. The van der Waals surface area contributed by atoms with Gasteiger partial charge in [0.05, 0.1) is 16.8 Å². The standard InChI is InChI=1S/C14H14BrN3O2S/c1-9-3-5-11(6-4-9)21(19,20)18-8-10(2)13-14(18)16-7-12(15)17-13/h3-7,10H,8H2,1-2H3. The molecule has 1 aliphatic heterocycles. The van der Waals surface area contributed by atoms with Gasteiger partial charge in [-0.1, -0.05) is 24.6 Å². The van der Waals surface area contributed by atoms with E-state index in [0.717, 1.165) is 5.56 Å². The highest BCUT2D eigenvalue weighted by Crippen LogP contribution is 2.37. The fourth-order valence-corrected chi connectivity index (χ4v) is 4.18. The molecule has 2 aromatic rings. The van der Waals surface area contributed by atoms with E-state index in [-0.39, 0.29) is 10.8 Å². The van der Waals surface area contributed by atoms with Gasteiger partial charge in [-0.15, -0.1) is 0 Å². The van der Waals surface area contributed by atoms with Crippen LogP contribution in [0.25, 0.3) is 0 Å². The zero-order chi connectivity index (χ0) is 15.2. The maximum absolute atomic E-state index is 12.8. The summed E-state index contributed by atoms with van der Waals surface area (Å²) in [4.78, 5) is 8.87. The van der Waals surface area contributed by atoms with Crippen molar-refractivity contribution in [2.45, 2.75) is 24.7 Å². The molecule has 1 unspecified atom stereocenters. The molecule has 110 valence electrons. The summed E-state index contributed by atoms with van der Waals surface area (Å²) < 4.78 is 27.5. The molecule has 0 radical (unpaired) electrons. The fourth-order valence-electron chi connectivity index (χ4n) is 2.37. The number of rotatable bonds is 2. The first-order valence-electron chi connectivity index (χ1n) is 6.51. The lowest BCUT2D eigenvalue weighted by atomic mass is 10.1. The minimum Gasteiger partial charge on any atom is -0.248 e. The number of anilines is 1. The molecule has 1 aromatic carbocycles. The molecule has 3 rings (SSSR count). The lowest BCUT2D eigenvalue weighted by Crippen LogP contribution is -2.30. The van der Waals surface area contributed by atoms with Crippen molar-refractivity contribution in [1.82, 2.24) is 9.97 Å². The molecule has 0 aliphatic carbocycles. The van der Waals surface area contributed by atoms with Gasteiger partial charge in [0.15, 0.2) is 5.82 Å². The summed E-state index contributed by atoms with van der Waals surface area (Å²) in [5, 5.41) is 0. The third-order valence-corrected chi connectivity index (χ3v) is 5.65. The van der Waals surface area contributed by atoms with Crippen LogP contribution in [0.4, 0.5) is 5.82 Å². The van der Waals surface area contributed by atoms with Gasteiger partial charge >= 0.3 is 0 Å². The Morgan fingerprint density at radius 1 is 1.29 bits per heavy atom. The van der Waals surface area contributed by atoms with Gasteiger partial charge in [-0.05, 0) is 35.0 Å². The van der Waals surface area contributed by atoms with Crippen LogP contribution in [0.3, 0.4) is 0 Å². The van der Waals surface area contributed by atoms with Gasteiger partial charge in [0, 0.05) is 12.5 Å². The largest absolute Gasteiger partial charge is 0.265 e. The van der Waals surface area contributed by atoms with Gasteiger partial charge in [0.2, 0.25) is 0 Å². The zero-order valence-electron chi connectivity index (χ0n) is 11.6. The van der Waals surface area contributed by atoms with Crippen LogP contribution in [0.2, 0.25) is 0 Å². The highest BCUT2D eigenvalue weighted by Gasteiger charge is 2.37. The molecule has 7 heteroatoms. The highest BCUT2D eigenvalue weighted by molar-refractivity contribution is 9.10. The van der Waals surface area contributed by atoms with Gasteiger partial charge in [-0.2, -0.15) is 0 Å². The summed E-state index contributed by atoms with van der Waals surface area (Å²) in [6.07, 6.45) is 1.52. The van der Waals surface area contributed by atoms with Crippen molar-refractivity contribution >= 4 is 31.8 Å². The molecule has 2 heterocycles. The molecule has 5 nitrogen and oxygen atoms in total. The number of halogens is 1. The first kappa shape index (κ1) is 14.5. The van der Waals surface area contributed by atoms with E-state index in [0.29, 0.717) is 22.7 Å². The maximum Gasteiger partial charge on any atom is 0.265 e. The third-order valence-electron chi connectivity index (χ3n) is 3.50. The molecule has 1 atom stereocenters. The molecule has 0 spiro atoms. The Kier molecular flexibility index (Phi) is 3.49. The first-order chi connectivity index (χ1) is 9.89. The van der Waals surface area contributed by atoms with Crippen molar-refractivity contribution in [3.63, 3.8) is 0 Å². The second-order valence-electron chi connectivity index (χ2n) is 5.15. The van der Waals surface area contributed by atoms with Crippen molar-refractivity contribution in [2.75, 3.05) is 10.8 Å². The summed E-state index contributed by atoms with van der Waals surface area (Å²) in [5.74, 6) is 0.441. The van der Waals surface area contributed by atoms with Gasteiger partial charge in [0.1, 0.15) is 4.60 Å². The van der Waals surface area contributed by atoms with Gasteiger partial charge in [-0.3, -0.25) is 0 Å². The normalized spacial score (nSPS) is 17.9. The number of aromatic nitrogens is 2. The Morgan fingerprint density at radius 2 is 1.95 bits per heavy atom. The van der Waals surface area contributed by atoms with Crippen LogP contribution in [-0.2, 0) is 10.0 Å². The van der Waals surface area contributed by atoms with Crippen LogP contribution in [0.15, 0.2) is 40.0 Å². The Bertz CT molecular complexity index is 790. The predicted octanol–water partition coefficient (Wildman–Crippen LogP) is 2.86. The van der Waals surface area contributed by atoms with Crippen molar-refractivity contribution in [2.24, 2.45) is 0 Å². The van der Waals surface area contributed by atoms with E-state index in [1.54, 1.807) is 24.3 Å². The molecular formula is C14H14BrN3O2S. The lowest BCUT2D eigenvalue weighted by Gasteiger charge is -2.18. The highest BCUT2D eigenvalue weighted by atomic mass is 79.9. The fraction of sp³-hybridized carbons (Fsp3) is 0.286. The minimum atomic E-state index is -3.60. The number of nitrogens with zero attached hydrogens (tertiary/aromatic N) is 3. The van der Waals surface area contributed by atoms with Crippen molar-refractivity contribution in [1.29, 1.82) is 0 Å². The van der Waals surface area contributed by atoms with E-state index in [2.05, 4.69) is 25.9 Å². The smallest absolute Gasteiger partial charge is 0.248 e. The molecule has 0 bridgehead atoms. The van der Waals surface area contributed by atoms with Crippen LogP contribution in [0.1, 0.15) is 24.1 Å². The lowest BCUT2D eigenvalue weighted by molar-refractivity contribution is 0.590. The summed E-state index contributed by atoms with van der Waals surface area (Å²) in [6, 6.07) is 6.83.